The Morgan fingerprint density at radius 2 is 2.11 bits per heavy atom. The van der Waals surface area contributed by atoms with Crippen molar-refractivity contribution < 1.29 is 14.7 Å². The van der Waals surface area contributed by atoms with E-state index in [9.17, 15) is 9.59 Å². The minimum atomic E-state index is -0.767. The van der Waals surface area contributed by atoms with Gasteiger partial charge < -0.3 is 10.4 Å². The predicted molar refractivity (Wildman–Crippen MR) is 73.2 cm³/mol. The fourth-order valence-electron chi connectivity index (χ4n) is 2.44. The Morgan fingerprint density at radius 3 is 2.68 bits per heavy atom. The molecule has 4 heteroatoms. The van der Waals surface area contributed by atoms with Crippen LogP contribution in [0.5, 0.6) is 0 Å². The van der Waals surface area contributed by atoms with Crippen LogP contribution in [0.15, 0.2) is 18.2 Å². The van der Waals surface area contributed by atoms with Gasteiger partial charge >= 0.3 is 5.97 Å². The molecule has 1 aromatic carbocycles. The molecule has 0 aliphatic carbocycles. The zero-order chi connectivity index (χ0) is 14.2. The number of fused-ring (bicyclic) bond motifs is 1. The highest BCUT2D eigenvalue weighted by atomic mass is 16.4. The van der Waals surface area contributed by atoms with Crippen LogP contribution >= 0.6 is 0 Å². The van der Waals surface area contributed by atoms with Crippen molar-refractivity contribution in [3.8, 4) is 0 Å². The molecule has 0 saturated heterocycles. The molecule has 1 aliphatic rings. The van der Waals surface area contributed by atoms with Crippen molar-refractivity contribution in [1.29, 1.82) is 0 Å². The van der Waals surface area contributed by atoms with E-state index >= 15 is 0 Å². The number of benzene rings is 1. The molecule has 0 spiro atoms. The minimum Gasteiger partial charge on any atom is -0.481 e. The van der Waals surface area contributed by atoms with Crippen molar-refractivity contribution in [3.63, 3.8) is 0 Å². The molecular formula is C15H19NO3. The predicted octanol–water partition coefficient (Wildman–Crippen LogP) is 2.57. The van der Waals surface area contributed by atoms with Crippen LogP contribution in [0.2, 0.25) is 0 Å². The molecule has 1 aromatic rings. The highest BCUT2D eigenvalue weighted by molar-refractivity contribution is 6.05. The van der Waals surface area contributed by atoms with E-state index in [4.69, 9.17) is 5.11 Å². The molecule has 0 saturated carbocycles. The number of carbonyl (C=O) groups excluding carboxylic acids is 1. The summed E-state index contributed by atoms with van der Waals surface area (Å²) in [6.45, 7) is 5.64. The van der Waals surface area contributed by atoms with Crippen LogP contribution in [0.25, 0.3) is 0 Å². The second kappa shape index (κ2) is 4.68. The van der Waals surface area contributed by atoms with E-state index in [0.29, 0.717) is 12.8 Å². The summed E-state index contributed by atoms with van der Waals surface area (Å²) >= 11 is 0. The first-order valence-corrected chi connectivity index (χ1v) is 6.54. The third-order valence-electron chi connectivity index (χ3n) is 3.90. The number of carbonyl (C=O) groups is 2. The van der Waals surface area contributed by atoms with Gasteiger partial charge in [-0.1, -0.05) is 19.1 Å². The van der Waals surface area contributed by atoms with Crippen LogP contribution in [0.4, 0.5) is 5.69 Å². The third-order valence-corrected chi connectivity index (χ3v) is 3.90. The van der Waals surface area contributed by atoms with Crippen LogP contribution in [0, 0.1) is 5.92 Å². The highest BCUT2D eigenvalue weighted by Gasteiger charge is 2.38. The maximum atomic E-state index is 11.8. The number of aliphatic carboxylic acids is 1. The third kappa shape index (κ3) is 2.35. The summed E-state index contributed by atoms with van der Waals surface area (Å²) in [4.78, 5) is 22.9. The van der Waals surface area contributed by atoms with Gasteiger partial charge in [-0.2, -0.15) is 0 Å². The number of anilines is 1. The lowest BCUT2D eigenvalue weighted by molar-refractivity contribution is -0.141. The molecule has 1 atom stereocenters. The Bertz CT molecular complexity index is 534. The first-order chi connectivity index (χ1) is 8.86. The number of hydrogen-bond acceptors (Lipinski definition) is 2. The van der Waals surface area contributed by atoms with E-state index in [1.807, 2.05) is 39.0 Å². The largest absolute Gasteiger partial charge is 0.481 e. The van der Waals surface area contributed by atoms with Crippen LogP contribution in [-0.2, 0) is 21.4 Å². The summed E-state index contributed by atoms with van der Waals surface area (Å²) in [6.07, 6.45) is 1.11. The maximum absolute atomic E-state index is 11.8. The summed E-state index contributed by atoms with van der Waals surface area (Å²) in [5, 5.41) is 12.0. The SMILES string of the molecule is CCC(Cc1ccc2c(c1)C(C)(C)C(=O)N2)C(=O)O. The van der Waals surface area contributed by atoms with Gasteiger partial charge in [-0.15, -0.1) is 0 Å². The van der Waals surface area contributed by atoms with Gasteiger partial charge in [0, 0.05) is 5.69 Å². The molecule has 102 valence electrons. The van der Waals surface area contributed by atoms with Gasteiger partial charge in [0.1, 0.15) is 0 Å². The molecule has 19 heavy (non-hydrogen) atoms. The molecule has 1 aliphatic heterocycles. The van der Waals surface area contributed by atoms with Crippen LogP contribution < -0.4 is 5.32 Å². The van der Waals surface area contributed by atoms with Crippen molar-refractivity contribution in [2.75, 3.05) is 5.32 Å². The quantitative estimate of drug-likeness (QED) is 0.875. The Labute approximate surface area is 112 Å². The van der Waals surface area contributed by atoms with E-state index in [1.54, 1.807) is 0 Å². The molecule has 2 rings (SSSR count). The molecule has 0 fully saturated rings. The van der Waals surface area contributed by atoms with Gasteiger partial charge in [0.15, 0.2) is 0 Å². The molecule has 2 N–H and O–H groups in total. The van der Waals surface area contributed by atoms with Crippen molar-refractivity contribution in [2.45, 2.75) is 39.0 Å². The monoisotopic (exact) mass is 261 g/mol. The van der Waals surface area contributed by atoms with Gasteiger partial charge in [0.25, 0.3) is 0 Å². The van der Waals surface area contributed by atoms with E-state index in [0.717, 1.165) is 16.8 Å². The number of hydrogen-bond donors (Lipinski definition) is 2. The first-order valence-electron chi connectivity index (χ1n) is 6.54. The van der Waals surface area contributed by atoms with Gasteiger partial charge in [-0.05, 0) is 43.9 Å². The molecule has 0 aromatic heterocycles. The average molecular weight is 261 g/mol. The summed E-state index contributed by atoms with van der Waals surface area (Å²) in [6, 6.07) is 5.72. The summed E-state index contributed by atoms with van der Waals surface area (Å²) in [7, 11) is 0. The fourth-order valence-corrected chi connectivity index (χ4v) is 2.44. The second-order valence-corrected chi connectivity index (χ2v) is 5.61. The molecule has 1 heterocycles. The van der Waals surface area contributed by atoms with Crippen molar-refractivity contribution >= 4 is 17.6 Å². The molecule has 0 bridgehead atoms. The Hall–Kier alpha value is -1.84. The average Bonchev–Trinajstić information content (AvgIpc) is 2.57. The number of rotatable bonds is 4. The molecule has 1 amide bonds. The Balaban J connectivity index is 2.30. The van der Waals surface area contributed by atoms with E-state index in [2.05, 4.69) is 5.32 Å². The lowest BCUT2D eigenvalue weighted by Gasteiger charge is -2.16. The highest BCUT2D eigenvalue weighted by Crippen LogP contribution is 2.38. The first kappa shape index (κ1) is 13.6. The van der Waals surface area contributed by atoms with Gasteiger partial charge in [0.2, 0.25) is 5.91 Å². The smallest absolute Gasteiger partial charge is 0.306 e. The molecule has 1 unspecified atom stereocenters. The van der Waals surface area contributed by atoms with Crippen molar-refractivity contribution in [3.05, 3.63) is 29.3 Å². The lowest BCUT2D eigenvalue weighted by atomic mass is 9.84. The van der Waals surface area contributed by atoms with E-state index in [-0.39, 0.29) is 11.8 Å². The summed E-state index contributed by atoms with van der Waals surface area (Å²) in [5.74, 6) is -1.15. The van der Waals surface area contributed by atoms with E-state index < -0.39 is 11.4 Å². The lowest BCUT2D eigenvalue weighted by Crippen LogP contribution is -2.27. The van der Waals surface area contributed by atoms with Crippen LogP contribution in [0.1, 0.15) is 38.3 Å². The summed E-state index contributed by atoms with van der Waals surface area (Å²) < 4.78 is 0. The number of nitrogens with one attached hydrogen (secondary N) is 1. The maximum Gasteiger partial charge on any atom is 0.306 e. The normalized spacial score (nSPS) is 17.7. The van der Waals surface area contributed by atoms with Crippen molar-refractivity contribution in [1.82, 2.24) is 0 Å². The number of amides is 1. The van der Waals surface area contributed by atoms with Gasteiger partial charge in [0.05, 0.1) is 11.3 Å². The number of carboxylic acid groups (broad SMARTS) is 1. The zero-order valence-corrected chi connectivity index (χ0v) is 11.5. The summed E-state index contributed by atoms with van der Waals surface area (Å²) in [5.41, 5.74) is 2.21. The zero-order valence-electron chi connectivity index (χ0n) is 11.5. The molecular weight excluding hydrogens is 242 g/mol. The minimum absolute atomic E-state index is 0.00933. The standard InChI is InChI=1S/C15H19NO3/c1-4-10(13(17)18)7-9-5-6-12-11(8-9)15(2,3)14(19)16-12/h5-6,8,10H,4,7H2,1-3H3,(H,16,19)(H,17,18). The number of carboxylic acids is 1. The Kier molecular flexibility index (Phi) is 3.35. The van der Waals surface area contributed by atoms with Gasteiger partial charge in [-0.3, -0.25) is 9.59 Å². The van der Waals surface area contributed by atoms with Crippen LogP contribution in [0.3, 0.4) is 0 Å². The van der Waals surface area contributed by atoms with Crippen molar-refractivity contribution in [2.24, 2.45) is 5.92 Å². The van der Waals surface area contributed by atoms with Gasteiger partial charge in [-0.25, -0.2) is 0 Å². The fraction of sp³-hybridized carbons (Fsp3) is 0.467. The van der Waals surface area contributed by atoms with Crippen LogP contribution in [-0.4, -0.2) is 17.0 Å². The van der Waals surface area contributed by atoms with E-state index in [1.165, 1.54) is 0 Å². The Morgan fingerprint density at radius 1 is 1.42 bits per heavy atom. The topological polar surface area (TPSA) is 66.4 Å². The molecule has 0 radical (unpaired) electrons. The second-order valence-electron chi connectivity index (χ2n) is 5.61. The molecule has 4 nitrogen and oxygen atoms in total.